The summed E-state index contributed by atoms with van der Waals surface area (Å²) < 4.78 is 12.8. The molecule has 0 fully saturated rings. The number of hydrogen-bond acceptors (Lipinski definition) is 6. The molecule has 0 bridgehead atoms. The fraction of sp³-hybridized carbons (Fsp3) is 0.400. The first kappa shape index (κ1) is 17.1. The van der Waals surface area contributed by atoms with Crippen molar-refractivity contribution in [1.29, 1.82) is 0 Å². The van der Waals surface area contributed by atoms with E-state index < -0.39 is 0 Å². The number of benzene rings is 1. The van der Waals surface area contributed by atoms with Crippen LogP contribution in [0.5, 0.6) is 11.5 Å². The summed E-state index contributed by atoms with van der Waals surface area (Å²) in [7, 11) is 1.59. The molecule has 1 N–H and O–H groups in total. The minimum absolute atomic E-state index is 0.452. The van der Waals surface area contributed by atoms with E-state index in [4.69, 9.17) is 21.1 Å². The van der Waals surface area contributed by atoms with Crippen molar-refractivity contribution in [3.63, 3.8) is 0 Å². The van der Waals surface area contributed by atoms with E-state index in [0.717, 1.165) is 12.0 Å². The number of tetrazole rings is 1. The van der Waals surface area contributed by atoms with Crippen LogP contribution in [0.25, 0.3) is 0 Å². The first-order chi connectivity index (χ1) is 11.2. The molecule has 1 aromatic heterocycles. The highest BCUT2D eigenvalue weighted by atomic mass is 35.5. The third-order valence-electron chi connectivity index (χ3n) is 3.04. The molecule has 1 heterocycles. The predicted octanol–water partition coefficient (Wildman–Crippen LogP) is 2.92. The quantitative estimate of drug-likeness (QED) is 0.709. The van der Waals surface area contributed by atoms with Crippen LogP contribution in [0.3, 0.4) is 0 Å². The Kier molecular flexibility index (Phi) is 6.22. The summed E-state index contributed by atoms with van der Waals surface area (Å²) in [6.45, 7) is 7.29. The zero-order valence-electron chi connectivity index (χ0n) is 13.3. The number of rotatable bonds is 9. The monoisotopic (exact) mass is 337 g/mol. The molecule has 0 radical (unpaired) electrons. The molecular formula is C15H20ClN5O2. The SMILES string of the molecule is C=CCn1nnnc1NCc1cc(Cl)cc(OC)c1OCCC. The van der Waals surface area contributed by atoms with Gasteiger partial charge in [0, 0.05) is 23.2 Å². The molecule has 2 aromatic rings. The maximum Gasteiger partial charge on any atom is 0.243 e. The van der Waals surface area contributed by atoms with Crippen LogP contribution < -0.4 is 14.8 Å². The van der Waals surface area contributed by atoms with Gasteiger partial charge in [-0.3, -0.25) is 0 Å². The summed E-state index contributed by atoms with van der Waals surface area (Å²) in [5.41, 5.74) is 0.871. The lowest BCUT2D eigenvalue weighted by Gasteiger charge is -2.16. The van der Waals surface area contributed by atoms with Crippen molar-refractivity contribution in [3.05, 3.63) is 35.4 Å². The second kappa shape index (κ2) is 8.38. The van der Waals surface area contributed by atoms with Crippen molar-refractivity contribution in [2.75, 3.05) is 19.0 Å². The topological polar surface area (TPSA) is 74.1 Å². The maximum absolute atomic E-state index is 6.15. The summed E-state index contributed by atoms with van der Waals surface area (Å²) in [4.78, 5) is 0. The van der Waals surface area contributed by atoms with Gasteiger partial charge in [0.2, 0.25) is 5.95 Å². The number of anilines is 1. The molecule has 0 amide bonds. The molecule has 0 saturated heterocycles. The maximum atomic E-state index is 6.15. The number of nitrogens with one attached hydrogen (secondary N) is 1. The lowest BCUT2D eigenvalue weighted by Crippen LogP contribution is -2.10. The van der Waals surface area contributed by atoms with E-state index in [9.17, 15) is 0 Å². The van der Waals surface area contributed by atoms with Crippen LogP contribution in [-0.4, -0.2) is 33.9 Å². The highest BCUT2D eigenvalue weighted by Gasteiger charge is 2.14. The van der Waals surface area contributed by atoms with Crippen molar-refractivity contribution in [3.8, 4) is 11.5 Å². The Labute approximate surface area is 140 Å². The zero-order chi connectivity index (χ0) is 16.7. The highest BCUT2D eigenvalue weighted by molar-refractivity contribution is 6.30. The van der Waals surface area contributed by atoms with E-state index in [1.165, 1.54) is 0 Å². The first-order valence-corrected chi connectivity index (χ1v) is 7.67. The first-order valence-electron chi connectivity index (χ1n) is 7.29. The van der Waals surface area contributed by atoms with Gasteiger partial charge in [0.05, 0.1) is 20.3 Å². The van der Waals surface area contributed by atoms with E-state index >= 15 is 0 Å². The smallest absolute Gasteiger partial charge is 0.243 e. The largest absolute Gasteiger partial charge is 0.493 e. The number of ether oxygens (including phenoxy) is 2. The lowest BCUT2D eigenvalue weighted by molar-refractivity contribution is 0.291. The zero-order valence-corrected chi connectivity index (χ0v) is 14.0. The standard InChI is InChI=1S/C15H20ClN5O2/c1-4-6-21-15(18-19-20-21)17-10-11-8-12(16)9-13(22-3)14(11)23-7-5-2/h4,8-9H,1,5-7,10H2,2-3H3,(H,17,18,20). The van der Waals surface area contributed by atoms with Crippen molar-refractivity contribution >= 4 is 17.5 Å². The molecule has 23 heavy (non-hydrogen) atoms. The van der Waals surface area contributed by atoms with Crippen molar-refractivity contribution in [2.24, 2.45) is 0 Å². The third-order valence-corrected chi connectivity index (χ3v) is 3.26. The molecule has 0 aliphatic rings. The summed E-state index contributed by atoms with van der Waals surface area (Å²) >= 11 is 6.15. The Morgan fingerprint density at radius 2 is 2.26 bits per heavy atom. The number of methoxy groups -OCH3 is 1. The second-order valence-corrected chi connectivity index (χ2v) is 5.21. The van der Waals surface area contributed by atoms with Crippen LogP contribution in [0.2, 0.25) is 5.02 Å². The molecule has 2 rings (SSSR count). The van der Waals surface area contributed by atoms with Crippen molar-refractivity contribution < 1.29 is 9.47 Å². The Balaban J connectivity index is 2.21. The molecule has 124 valence electrons. The van der Waals surface area contributed by atoms with Gasteiger partial charge in [-0.1, -0.05) is 29.7 Å². The fourth-order valence-corrected chi connectivity index (χ4v) is 2.26. The fourth-order valence-electron chi connectivity index (χ4n) is 2.02. The number of halogens is 1. The molecule has 0 atom stereocenters. The van der Waals surface area contributed by atoms with Gasteiger partial charge in [-0.25, -0.2) is 4.68 Å². The van der Waals surface area contributed by atoms with Crippen LogP contribution >= 0.6 is 11.6 Å². The molecule has 0 spiro atoms. The molecular weight excluding hydrogens is 318 g/mol. The van der Waals surface area contributed by atoms with Gasteiger partial charge in [-0.2, -0.15) is 0 Å². The van der Waals surface area contributed by atoms with Crippen molar-refractivity contribution in [1.82, 2.24) is 20.2 Å². The van der Waals surface area contributed by atoms with Gasteiger partial charge in [0.1, 0.15) is 0 Å². The molecule has 8 heteroatoms. The normalized spacial score (nSPS) is 10.4. The minimum atomic E-state index is 0.452. The Morgan fingerprint density at radius 1 is 1.43 bits per heavy atom. The molecule has 7 nitrogen and oxygen atoms in total. The predicted molar refractivity (Wildman–Crippen MR) is 89.1 cm³/mol. The van der Waals surface area contributed by atoms with Crippen LogP contribution in [0.15, 0.2) is 24.8 Å². The van der Waals surface area contributed by atoms with Crippen LogP contribution in [0.4, 0.5) is 5.95 Å². The number of aromatic nitrogens is 4. The number of nitrogens with zero attached hydrogens (tertiary/aromatic N) is 4. The molecule has 1 aromatic carbocycles. The Hall–Kier alpha value is -2.28. The van der Waals surface area contributed by atoms with Crippen LogP contribution in [-0.2, 0) is 13.1 Å². The van der Waals surface area contributed by atoms with Crippen LogP contribution in [0, 0.1) is 0 Å². The van der Waals surface area contributed by atoms with Gasteiger partial charge in [0.15, 0.2) is 11.5 Å². The van der Waals surface area contributed by atoms with E-state index in [1.807, 2.05) is 13.0 Å². The van der Waals surface area contributed by atoms with Gasteiger partial charge >= 0.3 is 0 Å². The Bertz CT molecular complexity index is 659. The molecule has 0 saturated carbocycles. The highest BCUT2D eigenvalue weighted by Crippen LogP contribution is 2.35. The summed E-state index contributed by atoms with van der Waals surface area (Å²) in [5, 5.41) is 15.2. The molecule has 0 unspecified atom stereocenters. The Morgan fingerprint density at radius 3 is 2.96 bits per heavy atom. The second-order valence-electron chi connectivity index (χ2n) is 4.77. The minimum Gasteiger partial charge on any atom is -0.493 e. The van der Waals surface area contributed by atoms with Crippen LogP contribution in [0.1, 0.15) is 18.9 Å². The average Bonchev–Trinajstić information content (AvgIpc) is 2.99. The van der Waals surface area contributed by atoms with Crippen molar-refractivity contribution in [2.45, 2.75) is 26.4 Å². The average molecular weight is 338 g/mol. The van der Waals surface area contributed by atoms with E-state index in [1.54, 1.807) is 23.9 Å². The third kappa shape index (κ3) is 4.35. The van der Waals surface area contributed by atoms with Gasteiger partial charge in [0.25, 0.3) is 0 Å². The van der Waals surface area contributed by atoms with E-state index in [0.29, 0.717) is 42.2 Å². The summed E-state index contributed by atoms with van der Waals surface area (Å²) in [6.07, 6.45) is 2.62. The van der Waals surface area contributed by atoms with Gasteiger partial charge < -0.3 is 14.8 Å². The number of hydrogen-bond donors (Lipinski definition) is 1. The molecule has 0 aliphatic heterocycles. The van der Waals surface area contributed by atoms with E-state index in [2.05, 4.69) is 27.4 Å². The summed E-state index contributed by atoms with van der Waals surface area (Å²) in [6, 6.07) is 3.57. The number of allylic oxidation sites excluding steroid dienone is 1. The molecule has 0 aliphatic carbocycles. The van der Waals surface area contributed by atoms with E-state index in [-0.39, 0.29) is 0 Å². The summed E-state index contributed by atoms with van der Waals surface area (Å²) in [5.74, 6) is 1.83. The van der Waals surface area contributed by atoms with Gasteiger partial charge in [-0.05, 0) is 22.9 Å². The van der Waals surface area contributed by atoms with Gasteiger partial charge in [-0.15, -0.1) is 6.58 Å². The lowest BCUT2D eigenvalue weighted by atomic mass is 10.2.